The van der Waals surface area contributed by atoms with E-state index in [-0.39, 0.29) is 49.0 Å². The Balaban J connectivity index is 1.14. The van der Waals surface area contributed by atoms with Crippen LogP contribution in [0, 0.1) is 11.8 Å². The lowest BCUT2D eigenvalue weighted by Gasteiger charge is -2.26. The van der Waals surface area contributed by atoms with Gasteiger partial charge in [0.1, 0.15) is 18.0 Å². The van der Waals surface area contributed by atoms with E-state index in [1.165, 1.54) is 0 Å². The number of aromatic nitrogens is 4. The normalized spacial score (nSPS) is 20.7. The van der Waals surface area contributed by atoms with Gasteiger partial charge in [0, 0.05) is 53.9 Å². The number of nitrogens with two attached hydrogens (primary N) is 1. The second-order valence-corrected chi connectivity index (χ2v) is 12.6. The maximum atomic E-state index is 13.3. The minimum Gasteiger partial charge on any atom is -0.491 e. The van der Waals surface area contributed by atoms with Crippen molar-refractivity contribution in [3.05, 3.63) is 51.9 Å². The van der Waals surface area contributed by atoms with Gasteiger partial charge >= 0.3 is 12.1 Å². The molecule has 1 unspecified atom stereocenters. The lowest BCUT2D eigenvalue weighted by molar-refractivity contribution is 0.0270. The second-order valence-electron chi connectivity index (χ2n) is 11.8. The standard InChI is InChI=1S/C28H32Cl2N8O4/c1-28(2,3)42-27(40)37-11-16-17(12-37)23(16)35-26(39)36-13-18-20(14-36)33-25(31)34-24(18)22-19(30)9-15(29)10-21(22)41-8-7-38-6-4-5-32-38/h4-6,9-10,16-17,23H,7-8,11-14H2,1-3H3,(H,35,39)(H2,31,33,34)/t16-,17+,23?. The summed E-state index contributed by atoms with van der Waals surface area (Å²) in [6.07, 6.45) is 3.23. The molecule has 6 rings (SSSR count). The predicted molar refractivity (Wildman–Crippen MR) is 156 cm³/mol. The summed E-state index contributed by atoms with van der Waals surface area (Å²) >= 11 is 13.0. The van der Waals surface area contributed by atoms with Crippen LogP contribution in [0.3, 0.4) is 0 Å². The molecule has 1 aliphatic carbocycles. The second kappa shape index (κ2) is 10.8. The number of nitrogen functional groups attached to an aromatic ring is 1. The van der Waals surface area contributed by atoms with Gasteiger partial charge in [-0.1, -0.05) is 23.2 Å². The Morgan fingerprint density at radius 3 is 2.57 bits per heavy atom. The number of anilines is 1. The molecule has 2 aliphatic heterocycles. The van der Waals surface area contributed by atoms with Crippen molar-refractivity contribution in [3.63, 3.8) is 0 Å². The van der Waals surface area contributed by atoms with E-state index in [1.807, 2.05) is 33.0 Å². The van der Waals surface area contributed by atoms with Crippen molar-refractivity contribution >= 4 is 41.3 Å². The van der Waals surface area contributed by atoms with Crippen molar-refractivity contribution in [1.82, 2.24) is 34.9 Å². The van der Waals surface area contributed by atoms with E-state index in [1.54, 1.807) is 32.8 Å². The molecule has 3 aromatic rings. The SMILES string of the molecule is CC(C)(C)OC(=O)N1C[C@@H]2C(NC(=O)N3Cc4nc(N)nc(-c5c(Cl)cc(Cl)cc5OCCn5cccn5)c4C3)[C@@H]2C1. The first-order valence-electron chi connectivity index (χ1n) is 13.7. The molecular weight excluding hydrogens is 583 g/mol. The van der Waals surface area contributed by atoms with E-state index < -0.39 is 5.60 Å². The number of hydrogen-bond acceptors (Lipinski definition) is 8. The highest BCUT2D eigenvalue weighted by Crippen LogP contribution is 2.46. The Morgan fingerprint density at radius 2 is 1.88 bits per heavy atom. The number of carbonyl (C=O) groups is 2. The molecule has 222 valence electrons. The fourth-order valence-electron chi connectivity index (χ4n) is 5.65. The molecule has 0 radical (unpaired) electrons. The molecule has 2 fully saturated rings. The molecule has 42 heavy (non-hydrogen) atoms. The summed E-state index contributed by atoms with van der Waals surface area (Å²) in [6, 6.07) is 4.94. The maximum absolute atomic E-state index is 13.3. The number of nitrogens with one attached hydrogen (secondary N) is 1. The Bertz CT molecular complexity index is 1520. The van der Waals surface area contributed by atoms with Crippen LogP contribution in [0.4, 0.5) is 15.5 Å². The highest BCUT2D eigenvalue weighted by Gasteiger charge is 2.58. The number of ether oxygens (including phenoxy) is 2. The largest absolute Gasteiger partial charge is 0.491 e. The third kappa shape index (κ3) is 5.78. The van der Waals surface area contributed by atoms with Gasteiger partial charge in [0.25, 0.3) is 0 Å². The van der Waals surface area contributed by atoms with Gasteiger partial charge in [-0.2, -0.15) is 5.10 Å². The van der Waals surface area contributed by atoms with Gasteiger partial charge < -0.3 is 30.3 Å². The number of fused-ring (bicyclic) bond motifs is 2. The average Bonchev–Trinajstić information content (AvgIpc) is 3.41. The van der Waals surface area contributed by atoms with Gasteiger partial charge in [-0.05, 0) is 39.0 Å². The first-order valence-corrected chi connectivity index (χ1v) is 14.5. The van der Waals surface area contributed by atoms with E-state index in [2.05, 4.69) is 20.4 Å². The predicted octanol–water partition coefficient (Wildman–Crippen LogP) is 4.20. The Labute approximate surface area is 253 Å². The summed E-state index contributed by atoms with van der Waals surface area (Å²) in [5.41, 5.74) is 7.99. The fourth-order valence-corrected chi connectivity index (χ4v) is 6.21. The number of hydrogen-bond donors (Lipinski definition) is 2. The number of rotatable bonds is 6. The van der Waals surface area contributed by atoms with Crippen molar-refractivity contribution in [2.24, 2.45) is 11.8 Å². The van der Waals surface area contributed by atoms with Crippen molar-refractivity contribution < 1.29 is 19.1 Å². The summed E-state index contributed by atoms with van der Waals surface area (Å²) in [7, 11) is 0. The Kier molecular flexibility index (Phi) is 7.30. The average molecular weight is 616 g/mol. The summed E-state index contributed by atoms with van der Waals surface area (Å²) < 4.78 is 13.3. The minimum absolute atomic E-state index is 0.0102. The number of halogens is 2. The molecule has 12 nitrogen and oxygen atoms in total. The highest BCUT2D eigenvalue weighted by molar-refractivity contribution is 6.37. The molecule has 3 N–H and O–H groups in total. The molecule has 3 atom stereocenters. The van der Waals surface area contributed by atoms with E-state index in [4.69, 9.17) is 38.4 Å². The zero-order valence-corrected chi connectivity index (χ0v) is 25.0. The van der Waals surface area contributed by atoms with Gasteiger partial charge in [-0.15, -0.1) is 0 Å². The molecule has 0 bridgehead atoms. The maximum Gasteiger partial charge on any atom is 0.410 e. The first kappa shape index (κ1) is 28.4. The monoisotopic (exact) mass is 614 g/mol. The molecule has 1 saturated carbocycles. The molecule has 3 aliphatic rings. The highest BCUT2D eigenvalue weighted by atomic mass is 35.5. The van der Waals surface area contributed by atoms with E-state index in [0.717, 1.165) is 5.56 Å². The van der Waals surface area contributed by atoms with Gasteiger partial charge in [0.05, 0.1) is 41.6 Å². The summed E-state index contributed by atoms with van der Waals surface area (Å²) in [5.74, 6) is 0.945. The van der Waals surface area contributed by atoms with Crippen molar-refractivity contribution in [1.29, 1.82) is 0 Å². The van der Waals surface area contributed by atoms with Crippen LogP contribution in [0.1, 0.15) is 32.0 Å². The summed E-state index contributed by atoms with van der Waals surface area (Å²) in [5, 5.41) is 8.10. The van der Waals surface area contributed by atoms with Crippen LogP contribution in [0.2, 0.25) is 10.0 Å². The number of urea groups is 1. The minimum atomic E-state index is -0.545. The molecule has 14 heteroatoms. The molecule has 3 amide bonds. The van der Waals surface area contributed by atoms with E-state index >= 15 is 0 Å². The molecule has 1 saturated heterocycles. The molecular formula is C28H32Cl2N8O4. The number of piperidine rings is 1. The Hall–Kier alpha value is -3.77. The number of likely N-dealkylation sites (tertiary alicyclic amines) is 1. The Morgan fingerprint density at radius 1 is 1.12 bits per heavy atom. The third-order valence-corrected chi connectivity index (χ3v) is 8.13. The van der Waals surface area contributed by atoms with E-state index in [9.17, 15) is 9.59 Å². The molecule has 4 heterocycles. The number of carbonyl (C=O) groups excluding carboxylic acids is 2. The van der Waals surface area contributed by atoms with Crippen molar-refractivity contribution in [2.45, 2.75) is 52.0 Å². The van der Waals surface area contributed by atoms with Crippen LogP contribution >= 0.6 is 23.2 Å². The molecule has 1 aromatic carbocycles. The summed E-state index contributed by atoms with van der Waals surface area (Å²) in [4.78, 5) is 38.0. The summed E-state index contributed by atoms with van der Waals surface area (Å²) in [6.45, 7) is 8.05. The zero-order valence-electron chi connectivity index (χ0n) is 23.5. The van der Waals surface area contributed by atoms with Crippen molar-refractivity contribution in [3.8, 4) is 17.0 Å². The van der Waals surface area contributed by atoms with Crippen LogP contribution in [0.5, 0.6) is 5.75 Å². The smallest absolute Gasteiger partial charge is 0.410 e. The van der Waals surface area contributed by atoms with Gasteiger partial charge in [-0.3, -0.25) is 4.68 Å². The van der Waals surface area contributed by atoms with E-state index in [0.29, 0.717) is 59.0 Å². The van der Waals surface area contributed by atoms with Crippen LogP contribution in [0.25, 0.3) is 11.3 Å². The van der Waals surface area contributed by atoms with Crippen molar-refractivity contribution in [2.75, 3.05) is 25.4 Å². The van der Waals surface area contributed by atoms with Gasteiger partial charge in [-0.25, -0.2) is 19.6 Å². The van der Waals surface area contributed by atoms with Crippen LogP contribution in [-0.4, -0.2) is 73.0 Å². The first-order chi connectivity index (χ1) is 20.0. The fraction of sp³-hybridized carbons (Fsp3) is 0.464. The quantitative estimate of drug-likeness (QED) is 0.421. The van der Waals surface area contributed by atoms with Crippen LogP contribution in [-0.2, 0) is 24.4 Å². The van der Waals surface area contributed by atoms with Gasteiger partial charge in [0.15, 0.2) is 0 Å². The zero-order chi connectivity index (χ0) is 29.8. The topological polar surface area (TPSA) is 141 Å². The van der Waals surface area contributed by atoms with Gasteiger partial charge in [0.2, 0.25) is 5.95 Å². The van der Waals surface area contributed by atoms with Crippen LogP contribution in [0.15, 0.2) is 30.6 Å². The number of nitrogens with zero attached hydrogens (tertiary/aromatic N) is 6. The molecule has 2 aromatic heterocycles. The lowest BCUT2D eigenvalue weighted by Crippen LogP contribution is -2.43. The van der Waals surface area contributed by atoms with Crippen LogP contribution < -0.4 is 15.8 Å². The molecule has 0 spiro atoms. The number of amides is 3. The lowest BCUT2D eigenvalue weighted by atomic mass is 10.0. The third-order valence-electron chi connectivity index (χ3n) is 7.62. The number of benzene rings is 1.